The van der Waals surface area contributed by atoms with Crippen LogP contribution >= 0.6 is 0 Å². The lowest BCUT2D eigenvalue weighted by atomic mass is 10.1. The Morgan fingerprint density at radius 2 is 2.00 bits per heavy atom. The maximum Gasteiger partial charge on any atom is 0.262 e. The highest BCUT2D eigenvalue weighted by Crippen LogP contribution is 2.38. The van der Waals surface area contributed by atoms with Gasteiger partial charge in [0.1, 0.15) is 11.6 Å². The Labute approximate surface area is 147 Å². The quantitative estimate of drug-likeness (QED) is 0.599. The van der Waals surface area contributed by atoms with Crippen LogP contribution in [0, 0.1) is 11.3 Å². The SMILES string of the molecule is COc1cc(/C=C(\C#N)C(=O)NCC2CCCO2)cc(OC)c1OC. The summed E-state index contributed by atoms with van der Waals surface area (Å²) in [6, 6.07) is 5.27. The number of amides is 1. The first-order valence-corrected chi connectivity index (χ1v) is 7.94. The molecule has 1 atom stereocenters. The zero-order valence-corrected chi connectivity index (χ0v) is 14.6. The van der Waals surface area contributed by atoms with Crippen molar-refractivity contribution in [3.8, 4) is 23.3 Å². The van der Waals surface area contributed by atoms with E-state index in [9.17, 15) is 10.1 Å². The summed E-state index contributed by atoms with van der Waals surface area (Å²) in [6.45, 7) is 1.11. The molecule has 1 saturated heterocycles. The summed E-state index contributed by atoms with van der Waals surface area (Å²) in [7, 11) is 4.52. The van der Waals surface area contributed by atoms with Crippen LogP contribution < -0.4 is 19.5 Å². The van der Waals surface area contributed by atoms with E-state index in [1.807, 2.05) is 6.07 Å². The van der Waals surface area contributed by atoms with Crippen LogP contribution in [0.25, 0.3) is 6.08 Å². The number of rotatable bonds is 7. The van der Waals surface area contributed by atoms with Crippen molar-refractivity contribution < 1.29 is 23.7 Å². The van der Waals surface area contributed by atoms with Gasteiger partial charge in [0.15, 0.2) is 11.5 Å². The lowest BCUT2D eigenvalue weighted by molar-refractivity contribution is -0.117. The summed E-state index contributed by atoms with van der Waals surface area (Å²) >= 11 is 0. The summed E-state index contributed by atoms with van der Waals surface area (Å²) in [4.78, 5) is 12.2. The molecule has 1 heterocycles. The monoisotopic (exact) mass is 346 g/mol. The topological polar surface area (TPSA) is 89.8 Å². The van der Waals surface area contributed by atoms with Crippen molar-refractivity contribution in [2.75, 3.05) is 34.5 Å². The number of carbonyl (C=O) groups is 1. The van der Waals surface area contributed by atoms with Crippen molar-refractivity contribution in [3.63, 3.8) is 0 Å². The summed E-state index contributed by atoms with van der Waals surface area (Å²) < 4.78 is 21.3. The molecule has 134 valence electrons. The minimum absolute atomic E-state index is 0.00716. The average molecular weight is 346 g/mol. The minimum atomic E-state index is -0.438. The molecule has 1 aromatic carbocycles. The fourth-order valence-electron chi connectivity index (χ4n) is 2.61. The zero-order chi connectivity index (χ0) is 18.2. The maximum absolute atomic E-state index is 12.2. The second-order valence-corrected chi connectivity index (χ2v) is 5.47. The molecule has 7 nitrogen and oxygen atoms in total. The van der Waals surface area contributed by atoms with Gasteiger partial charge in [-0.2, -0.15) is 5.26 Å². The van der Waals surface area contributed by atoms with E-state index in [0.717, 1.165) is 12.8 Å². The van der Waals surface area contributed by atoms with Crippen LogP contribution in [0.2, 0.25) is 0 Å². The largest absolute Gasteiger partial charge is 0.493 e. The molecule has 7 heteroatoms. The number of nitrogens with zero attached hydrogens (tertiary/aromatic N) is 1. The van der Waals surface area contributed by atoms with Gasteiger partial charge in [-0.3, -0.25) is 4.79 Å². The van der Waals surface area contributed by atoms with E-state index in [4.69, 9.17) is 18.9 Å². The van der Waals surface area contributed by atoms with Gasteiger partial charge >= 0.3 is 0 Å². The summed E-state index contributed by atoms with van der Waals surface area (Å²) in [6.07, 6.45) is 3.41. The number of carbonyl (C=O) groups excluding carboxylic acids is 1. The summed E-state index contributed by atoms with van der Waals surface area (Å²) in [5.74, 6) is 0.908. The number of nitrogens with one attached hydrogen (secondary N) is 1. The highest BCUT2D eigenvalue weighted by Gasteiger charge is 2.18. The number of methoxy groups -OCH3 is 3. The average Bonchev–Trinajstić information content (AvgIpc) is 3.16. The highest BCUT2D eigenvalue weighted by molar-refractivity contribution is 6.01. The van der Waals surface area contributed by atoms with Crippen molar-refractivity contribution in [3.05, 3.63) is 23.3 Å². The van der Waals surface area contributed by atoms with Crippen molar-refractivity contribution in [2.24, 2.45) is 0 Å². The summed E-state index contributed by atoms with van der Waals surface area (Å²) in [5.41, 5.74) is 0.589. The highest BCUT2D eigenvalue weighted by atomic mass is 16.5. The first kappa shape index (κ1) is 18.6. The van der Waals surface area contributed by atoms with E-state index in [1.165, 1.54) is 27.4 Å². The number of ether oxygens (including phenoxy) is 4. The molecular formula is C18H22N2O5. The van der Waals surface area contributed by atoms with Crippen LogP contribution in [0.15, 0.2) is 17.7 Å². The minimum Gasteiger partial charge on any atom is -0.493 e. The third-order valence-electron chi connectivity index (χ3n) is 3.88. The van der Waals surface area contributed by atoms with Gasteiger partial charge in [0.05, 0.1) is 27.4 Å². The van der Waals surface area contributed by atoms with E-state index >= 15 is 0 Å². The molecular weight excluding hydrogens is 324 g/mol. The fraction of sp³-hybridized carbons (Fsp3) is 0.444. The van der Waals surface area contributed by atoms with E-state index < -0.39 is 5.91 Å². The van der Waals surface area contributed by atoms with E-state index in [0.29, 0.717) is 36.0 Å². The van der Waals surface area contributed by atoms with Gasteiger partial charge in [0.2, 0.25) is 5.75 Å². The predicted molar refractivity (Wildman–Crippen MR) is 91.7 cm³/mol. The molecule has 1 amide bonds. The molecule has 2 rings (SSSR count). The first-order chi connectivity index (χ1) is 12.1. The Kier molecular flexibility index (Phi) is 6.66. The Morgan fingerprint density at radius 1 is 1.32 bits per heavy atom. The van der Waals surface area contributed by atoms with Gasteiger partial charge in [-0.05, 0) is 36.6 Å². The second-order valence-electron chi connectivity index (χ2n) is 5.47. The zero-order valence-electron chi connectivity index (χ0n) is 14.6. The Morgan fingerprint density at radius 3 is 2.48 bits per heavy atom. The van der Waals surface area contributed by atoms with Gasteiger partial charge in [-0.15, -0.1) is 0 Å². The number of benzene rings is 1. The molecule has 0 aromatic heterocycles. The molecule has 1 fully saturated rings. The van der Waals surface area contributed by atoms with E-state index in [2.05, 4.69) is 5.32 Å². The number of hydrogen-bond donors (Lipinski definition) is 1. The molecule has 0 spiro atoms. The Hall–Kier alpha value is -2.72. The molecule has 1 aliphatic heterocycles. The van der Waals surface area contributed by atoms with Crippen LogP contribution in [-0.2, 0) is 9.53 Å². The van der Waals surface area contributed by atoms with Crippen LogP contribution in [-0.4, -0.2) is 46.5 Å². The van der Waals surface area contributed by atoms with Crippen molar-refractivity contribution in [1.29, 1.82) is 5.26 Å². The molecule has 0 radical (unpaired) electrons. The number of hydrogen-bond acceptors (Lipinski definition) is 6. The molecule has 0 saturated carbocycles. The van der Waals surface area contributed by atoms with Crippen molar-refractivity contribution >= 4 is 12.0 Å². The predicted octanol–water partition coefficient (Wildman–Crippen LogP) is 1.91. The van der Waals surface area contributed by atoms with Gasteiger partial charge in [-0.25, -0.2) is 0 Å². The molecule has 25 heavy (non-hydrogen) atoms. The maximum atomic E-state index is 12.2. The Balaban J connectivity index is 2.20. The van der Waals surface area contributed by atoms with Gasteiger partial charge < -0.3 is 24.3 Å². The Bertz CT molecular complexity index is 662. The third-order valence-corrected chi connectivity index (χ3v) is 3.88. The normalized spacial score (nSPS) is 16.9. The lowest BCUT2D eigenvalue weighted by Gasteiger charge is -2.13. The second kappa shape index (κ2) is 8.94. The molecule has 1 unspecified atom stereocenters. The van der Waals surface area contributed by atoms with E-state index in [1.54, 1.807) is 12.1 Å². The third kappa shape index (κ3) is 4.64. The van der Waals surface area contributed by atoms with Gasteiger partial charge in [0, 0.05) is 13.2 Å². The fourth-order valence-corrected chi connectivity index (χ4v) is 2.61. The molecule has 0 bridgehead atoms. The van der Waals surface area contributed by atoms with Gasteiger partial charge in [0.25, 0.3) is 5.91 Å². The van der Waals surface area contributed by atoms with Crippen molar-refractivity contribution in [1.82, 2.24) is 5.32 Å². The van der Waals surface area contributed by atoms with Gasteiger partial charge in [-0.1, -0.05) is 0 Å². The molecule has 1 aliphatic rings. The van der Waals surface area contributed by atoms with Crippen LogP contribution in [0.3, 0.4) is 0 Å². The lowest BCUT2D eigenvalue weighted by Crippen LogP contribution is -2.32. The van der Waals surface area contributed by atoms with Crippen LogP contribution in [0.5, 0.6) is 17.2 Å². The number of nitriles is 1. The van der Waals surface area contributed by atoms with Crippen molar-refractivity contribution in [2.45, 2.75) is 18.9 Å². The summed E-state index contributed by atoms with van der Waals surface area (Å²) in [5, 5.41) is 12.0. The van der Waals surface area contributed by atoms with Crippen LogP contribution in [0.4, 0.5) is 0 Å². The standard InChI is InChI=1S/C18H22N2O5/c1-22-15-8-12(9-16(23-2)17(15)24-3)7-13(10-19)18(21)20-11-14-5-4-6-25-14/h7-9,14H,4-6,11H2,1-3H3,(H,20,21)/b13-7+. The molecule has 0 aliphatic carbocycles. The smallest absolute Gasteiger partial charge is 0.262 e. The first-order valence-electron chi connectivity index (χ1n) is 7.94. The van der Waals surface area contributed by atoms with E-state index in [-0.39, 0.29) is 11.7 Å². The molecule has 1 aromatic rings. The van der Waals surface area contributed by atoms with Crippen LogP contribution in [0.1, 0.15) is 18.4 Å². The molecule has 1 N–H and O–H groups in total.